The van der Waals surface area contributed by atoms with Gasteiger partial charge in [-0.3, -0.25) is 9.35 Å². The Bertz CT molecular complexity index is 734. The molecule has 2 aromatic carbocycles. The van der Waals surface area contributed by atoms with Crippen LogP contribution in [0.4, 0.5) is 0 Å². The summed E-state index contributed by atoms with van der Waals surface area (Å²) in [4.78, 5) is 11.9. The molecule has 0 fully saturated rings. The lowest BCUT2D eigenvalue weighted by Crippen LogP contribution is -2.09. The molecule has 0 spiro atoms. The fourth-order valence-corrected chi connectivity index (χ4v) is 2.70. The van der Waals surface area contributed by atoms with E-state index in [0.29, 0.717) is 11.1 Å². The number of carbonyl (C=O) groups is 1. The van der Waals surface area contributed by atoms with Crippen LogP contribution >= 0.6 is 0 Å². The minimum atomic E-state index is -4.33. The number of carbonyl (C=O) groups excluding carboxylic acids is 1. The fraction of sp³-hybridized carbons (Fsp3) is 0.133. The van der Waals surface area contributed by atoms with Gasteiger partial charge in [-0.15, -0.1) is 0 Å². The zero-order valence-corrected chi connectivity index (χ0v) is 11.7. The van der Waals surface area contributed by atoms with E-state index in [2.05, 4.69) is 0 Å². The van der Waals surface area contributed by atoms with E-state index in [9.17, 15) is 17.8 Å². The van der Waals surface area contributed by atoms with Crippen LogP contribution in [0.15, 0.2) is 53.4 Å². The van der Waals surface area contributed by atoms with E-state index in [-0.39, 0.29) is 17.1 Å². The van der Waals surface area contributed by atoms with Gasteiger partial charge in [0.2, 0.25) is 0 Å². The topological polar surface area (TPSA) is 71.4 Å². The Hall–Kier alpha value is -1.98. The van der Waals surface area contributed by atoms with Crippen molar-refractivity contribution in [1.29, 1.82) is 0 Å². The summed E-state index contributed by atoms with van der Waals surface area (Å²) < 4.78 is 31.9. The van der Waals surface area contributed by atoms with Gasteiger partial charge >= 0.3 is 0 Å². The predicted molar refractivity (Wildman–Crippen MR) is 75.5 cm³/mol. The fourth-order valence-electron chi connectivity index (χ4n) is 2.00. The van der Waals surface area contributed by atoms with E-state index < -0.39 is 10.1 Å². The lowest BCUT2D eigenvalue weighted by Gasteiger charge is -2.08. The summed E-state index contributed by atoms with van der Waals surface area (Å²) in [5.41, 5.74) is 1.64. The third-order valence-corrected chi connectivity index (χ3v) is 3.89. The van der Waals surface area contributed by atoms with E-state index in [4.69, 9.17) is 0 Å². The normalized spacial score (nSPS) is 11.3. The summed E-state index contributed by atoms with van der Waals surface area (Å²) in [6.45, 7) is 1.80. The van der Waals surface area contributed by atoms with Crippen molar-refractivity contribution in [2.45, 2.75) is 18.2 Å². The van der Waals surface area contributed by atoms with Gasteiger partial charge in [-0.2, -0.15) is 8.42 Å². The summed E-state index contributed by atoms with van der Waals surface area (Å²) in [7, 11) is -4.33. The van der Waals surface area contributed by atoms with Crippen molar-refractivity contribution in [2.75, 3.05) is 0 Å². The van der Waals surface area contributed by atoms with Gasteiger partial charge < -0.3 is 0 Å². The molecule has 20 heavy (non-hydrogen) atoms. The second-order valence-corrected chi connectivity index (χ2v) is 5.94. The lowest BCUT2D eigenvalue weighted by molar-refractivity contribution is 0.0992. The molecule has 0 bridgehead atoms. The third kappa shape index (κ3) is 3.31. The first-order valence-corrected chi connectivity index (χ1v) is 7.47. The van der Waals surface area contributed by atoms with Gasteiger partial charge in [0.05, 0.1) is 4.90 Å². The van der Waals surface area contributed by atoms with Crippen molar-refractivity contribution in [3.8, 4) is 0 Å². The van der Waals surface area contributed by atoms with E-state index in [0.717, 1.165) is 5.56 Å². The number of hydrogen-bond acceptors (Lipinski definition) is 3. The minimum absolute atomic E-state index is 0.0686. The number of ketones is 1. The highest BCUT2D eigenvalue weighted by Crippen LogP contribution is 2.19. The molecule has 0 heterocycles. The zero-order valence-electron chi connectivity index (χ0n) is 10.9. The van der Waals surface area contributed by atoms with Gasteiger partial charge in [-0.05, 0) is 18.6 Å². The molecular formula is C15H14O4S. The molecule has 0 atom stereocenters. The first kappa shape index (κ1) is 14.4. The molecule has 0 amide bonds. The summed E-state index contributed by atoms with van der Waals surface area (Å²) in [6, 6.07) is 13.1. The van der Waals surface area contributed by atoms with E-state index in [1.165, 1.54) is 6.07 Å². The van der Waals surface area contributed by atoms with Crippen LogP contribution in [0.25, 0.3) is 0 Å². The highest BCUT2D eigenvalue weighted by molar-refractivity contribution is 7.85. The van der Waals surface area contributed by atoms with Crippen LogP contribution in [-0.2, 0) is 16.5 Å². The van der Waals surface area contributed by atoms with Crippen molar-refractivity contribution in [3.05, 3.63) is 65.2 Å². The van der Waals surface area contributed by atoms with Crippen molar-refractivity contribution in [3.63, 3.8) is 0 Å². The molecule has 0 radical (unpaired) electrons. The van der Waals surface area contributed by atoms with Crippen LogP contribution in [0, 0.1) is 6.92 Å². The lowest BCUT2D eigenvalue weighted by atomic mass is 10.0. The van der Waals surface area contributed by atoms with Gasteiger partial charge in [0.25, 0.3) is 10.1 Å². The molecule has 1 N–H and O–H groups in total. The smallest absolute Gasteiger partial charge is 0.294 e. The molecular weight excluding hydrogens is 276 g/mol. The number of aryl methyl sites for hydroxylation is 1. The minimum Gasteiger partial charge on any atom is -0.294 e. The Kier molecular flexibility index (Phi) is 4.01. The Morgan fingerprint density at radius 2 is 1.75 bits per heavy atom. The largest absolute Gasteiger partial charge is 0.294 e. The van der Waals surface area contributed by atoms with Crippen LogP contribution < -0.4 is 0 Å². The number of benzene rings is 2. The van der Waals surface area contributed by atoms with Gasteiger partial charge in [0.15, 0.2) is 5.78 Å². The summed E-state index contributed by atoms with van der Waals surface area (Å²) in [5, 5.41) is 0. The third-order valence-electron chi connectivity index (χ3n) is 2.94. The molecule has 0 unspecified atom stereocenters. The highest BCUT2D eigenvalue weighted by atomic mass is 32.2. The molecule has 4 nitrogen and oxygen atoms in total. The second-order valence-electron chi connectivity index (χ2n) is 4.55. The highest BCUT2D eigenvalue weighted by Gasteiger charge is 2.18. The van der Waals surface area contributed by atoms with Crippen molar-refractivity contribution < 1.29 is 17.8 Å². The Morgan fingerprint density at radius 1 is 1.10 bits per heavy atom. The van der Waals surface area contributed by atoms with Crippen LogP contribution in [-0.4, -0.2) is 18.8 Å². The summed E-state index contributed by atoms with van der Waals surface area (Å²) >= 11 is 0. The maximum absolute atomic E-state index is 12.1. The number of Topliss-reactive ketones (excluding diaryl/α,β-unsaturated/α-hetero) is 1. The monoisotopic (exact) mass is 290 g/mol. The molecule has 0 aliphatic heterocycles. The van der Waals surface area contributed by atoms with Gasteiger partial charge in [-0.25, -0.2) is 0 Å². The van der Waals surface area contributed by atoms with Crippen molar-refractivity contribution in [2.24, 2.45) is 0 Å². The van der Waals surface area contributed by atoms with Crippen LogP contribution in [0.5, 0.6) is 0 Å². The summed E-state index contributed by atoms with van der Waals surface area (Å²) in [6.07, 6.45) is -0.0686. The molecule has 0 aliphatic carbocycles. The molecule has 2 rings (SSSR count). The van der Waals surface area contributed by atoms with Gasteiger partial charge in [0.1, 0.15) is 0 Å². The quantitative estimate of drug-likeness (QED) is 0.694. The zero-order chi connectivity index (χ0) is 14.8. The van der Waals surface area contributed by atoms with Crippen LogP contribution in [0.3, 0.4) is 0 Å². The molecule has 104 valence electrons. The van der Waals surface area contributed by atoms with E-state index in [1.807, 2.05) is 0 Å². The average Bonchev–Trinajstić information content (AvgIpc) is 2.38. The van der Waals surface area contributed by atoms with Gasteiger partial charge in [-0.1, -0.05) is 48.0 Å². The predicted octanol–water partition coefficient (Wildman–Crippen LogP) is 2.67. The Balaban J connectivity index is 2.39. The Labute approximate surface area is 117 Å². The van der Waals surface area contributed by atoms with Crippen LogP contribution in [0.1, 0.15) is 21.5 Å². The van der Waals surface area contributed by atoms with Crippen molar-refractivity contribution in [1.82, 2.24) is 0 Å². The Morgan fingerprint density at radius 3 is 2.35 bits per heavy atom. The molecule has 0 aromatic heterocycles. The molecule has 0 saturated carbocycles. The van der Waals surface area contributed by atoms with Gasteiger partial charge in [0, 0.05) is 12.0 Å². The van der Waals surface area contributed by atoms with E-state index >= 15 is 0 Å². The maximum atomic E-state index is 12.1. The first-order valence-electron chi connectivity index (χ1n) is 6.03. The van der Waals surface area contributed by atoms with E-state index in [1.54, 1.807) is 49.4 Å². The molecule has 0 saturated heterocycles. The molecule has 5 heteroatoms. The second kappa shape index (κ2) is 5.56. The maximum Gasteiger partial charge on any atom is 0.294 e. The SMILES string of the molecule is Cc1ccc(S(=O)(=O)O)c(CC(=O)c2ccccc2)c1. The average molecular weight is 290 g/mol. The molecule has 0 aliphatic rings. The standard InChI is InChI=1S/C15H14O4S/c1-11-7-8-15(20(17,18)19)13(9-11)10-14(16)12-5-3-2-4-6-12/h2-9H,10H2,1H3,(H,17,18,19). The van der Waals surface area contributed by atoms with Crippen LogP contribution in [0.2, 0.25) is 0 Å². The first-order chi connectivity index (χ1) is 9.38. The number of rotatable bonds is 4. The number of hydrogen-bond donors (Lipinski definition) is 1. The molecule has 2 aromatic rings. The van der Waals surface area contributed by atoms with Crippen molar-refractivity contribution >= 4 is 15.9 Å². The summed E-state index contributed by atoms with van der Waals surface area (Å²) in [5.74, 6) is -0.193.